The van der Waals surface area contributed by atoms with Crippen LogP contribution in [0.5, 0.6) is 5.75 Å². The first-order valence-corrected chi connectivity index (χ1v) is 12.3. The lowest BCUT2D eigenvalue weighted by molar-refractivity contribution is -0.135. The quantitative estimate of drug-likeness (QED) is 0.585. The molecule has 0 aromatic heterocycles. The molecule has 2 bridgehead atoms. The Morgan fingerprint density at radius 1 is 1.20 bits per heavy atom. The molecule has 2 aromatic rings. The van der Waals surface area contributed by atoms with Gasteiger partial charge in [0.15, 0.2) is 0 Å². The van der Waals surface area contributed by atoms with Crippen molar-refractivity contribution in [3.8, 4) is 5.75 Å². The number of aliphatic hydroxyl groups is 1. The molecule has 7 nitrogen and oxygen atoms in total. The zero-order valence-corrected chi connectivity index (χ0v) is 20.6. The molecule has 1 aliphatic rings. The molecule has 1 heterocycles. The largest absolute Gasteiger partial charge is 0.493 e. The summed E-state index contributed by atoms with van der Waals surface area (Å²) in [6, 6.07) is 12.0. The number of halogens is 1. The van der Waals surface area contributed by atoms with Crippen LogP contribution in [0, 0.1) is 5.82 Å². The lowest BCUT2D eigenvalue weighted by Crippen LogP contribution is -2.51. The van der Waals surface area contributed by atoms with Crippen LogP contribution in [-0.4, -0.2) is 60.7 Å². The van der Waals surface area contributed by atoms with Gasteiger partial charge in [-0.15, -0.1) is 0 Å². The van der Waals surface area contributed by atoms with Gasteiger partial charge in [-0.25, -0.2) is 4.39 Å². The van der Waals surface area contributed by atoms with E-state index in [9.17, 15) is 19.1 Å². The van der Waals surface area contributed by atoms with Crippen molar-refractivity contribution in [1.82, 2.24) is 15.5 Å². The Hall–Kier alpha value is -2.97. The monoisotopic (exact) mass is 485 g/mol. The SMILES string of the molecule is CCc1cccc(CNC[C@@H](O)[C@@H]2Cc3cc(F)cc(c3)OCCCCC(=O)N(C)CC(=O)N2)c1. The zero-order chi connectivity index (χ0) is 25.2. The molecule has 0 aliphatic carbocycles. The number of fused-ring (bicyclic) bond motifs is 2. The number of carbonyl (C=O) groups excluding carboxylic acids is 2. The molecule has 2 amide bonds. The average Bonchev–Trinajstić information content (AvgIpc) is 2.82. The van der Waals surface area contributed by atoms with Crippen molar-refractivity contribution in [2.75, 3.05) is 26.7 Å². The van der Waals surface area contributed by atoms with Crippen molar-refractivity contribution in [1.29, 1.82) is 0 Å². The van der Waals surface area contributed by atoms with E-state index >= 15 is 0 Å². The fourth-order valence-electron chi connectivity index (χ4n) is 4.14. The van der Waals surface area contributed by atoms with Crippen LogP contribution in [0.25, 0.3) is 0 Å². The highest BCUT2D eigenvalue weighted by Crippen LogP contribution is 2.19. The normalized spacial score (nSPS) is 18.7. The molecule has 35 heavy (non-hydrogen) atoms. The molecular weight excluding hydrogens is 449 g/mol. The number of ether oxygens (including phenoxy) is 1. The van der Waals surface area contributed by atoms with Crippen LogP contribution < -0.4 is 15.4 Å². The Morgan fingerprint density at radius 2 is 2.00 bits per heavy atom. The van der Waals surface area contributed by atoms with E-state index in [1.807, 2.05) is 12.1 Å². The molecular formula is C27H36FN3O4. The van der Waals surface area contributed by atoms with Crippen LogP contribution in [0.1, 0.15) is 42.9 Å². The summed E-state index contributed by atoms with van der Waals surface area (Å²) in [6.07, 6.45) is 1.79. The summed E-state index contributed by atoms with van der Waals surface area (Å²) in [7, 11) is 1.59. The van der Waals surface area contributed by atoms with Crippen LogP contribution in [0.3, 0.4) is 0 Å². The minimum Gasteiger partial charge on any atom is -0.493 e. The van der Waals surface area contributed by atoms with Crippen molar-refractivity contribution in [3.63, 3.8) is 0 Å². The fourth-order valence-corrected chi connectivity index (χ4v) is 4.14. The Balaban J connectivity index is 1.72. The predicted molar refractivity (Wildman–Crippen MR) is 133 cm³/mol. The molecule has 0 radical (unpaired) electrons. The van der Waals surface area contributed by atoms with Gasteiger partial charge in [-0.3, -0.25) is 9.59 Å². The van der Waals surface area contributed by atoms with Gasteiger partial charge in [0.2, 0.25) is 11.8 Å². The second-order valence-corrected chi connectivity index (χ2v) is 9.10. The Bertz CT molecular complexity index is 1000. The molecule has 3 rings (SSSR count). The number of carbonyl (C=O) groups is 2. The molecule has 0 fully saturated rings. The first-order chi connectivity index (χ1) is 16.8. The van der Waals surface area contributed by atoms with E-state index in [0.29, 0.717) is 43.7 Å². The highest BCUT2D eigenvalue weighted by Gasteiger charge is 2.24. The number of hydrogen-bond acceptors (Lipinski definition) is 5. The summed E-state index contributed by atoms with van der Waals surface area (Å²) < 4.78 is 19.9. The fraction of sp³-hybridized carbons (Fsp3) is 0.481. The summed E-state index contributed by atoms with van der Waals surface area (Å²) in [4.78, 5) is 26.4. The maximum absolute atomic E-state index is 14.3. The van der Waals surface area contributed by atoms with E-state index in [-0.39, 0.29) is 31.3 Å². The lowest BCUT2D eigenvalue weighted by atomic mass is 10.00. The van der Waals surface area contributed by atoms with E-state index < -0.39 is 18.0 Å². The van der Waals surface area contributed by atoms with E-state index in [1.165, 1.54) is 22.6 Å². The van der Waals surface area contributed by atoms with Gasteiger partial charge in [0, 0.05) is 32.6 Å². The number of likely N-dealkylation sites (N-methyl/N-ethyl adjacent to an activating group) is 1. The Morgan fingerprint density at radius 3 is 2.80 bits per heavy atom. The van der Waals surface area contributed by atoms with Gasteiger partial charge < -0.3 is 25.4 Å². The van der Waals surface area contributed by atoms with Gasteiger partial charge in [-0.05, 0) is 54.5 Å². The first-order valence-electron chi connectivity index (χ1n) is 12.3. The third kappa shape index (κ3) is 8.64. The number of aryl methyl sites for hydroxylation is 1. The van der Waals surface area contributed by atoms with Crippen molar-refractivity contribution in [3.05, 3.63) is 65.0 Å². The standard InChI is InChI=1S/C27H36FN3O4/c1-3-19-7-6-8-20(11-19)16-29-17-25(32)24-14-21-12-22(28)15-23(13-21)35-10-5-4-9-27(34)31(2)18-26(33)30-24/h6-8,11-13,15,24-25,29,32H,3-5,9-10,14,16-18H2,1-2H3,(H,30,33)/t24-,25+/m0/s1. The number of aliphatic hydroxyl groups excluding tert-OH is 1. The molecule has 0 saturated carbocycles. The second-order valence-electron chi connectivity index (χ2n) is 9.10. The number of nitrogens with one attached hydrogen (secondary N) is 2. The number of amides is 2. The third-order valence-corrected chi connectivity index (χ3v) is 6.14. The molecule has 1 aliphatic heterocycles. The van der Waals surface area contributed by atoms with Gasteiger partial charge in [0.25, 0.3) is 0 Å². The van der Waals surface area contributed by atoms with Crippen LogP contribution in [0.4, 0.5) is 4.39 Å². The molecule has 0 unspecified atom stereocenters. The summed E-state index contributed by atoms with van der Waals surface area (Å²) in [5, 5.41) is 17.1. The third-order valence-electron chi connectivity index (χ3n) is 6.14. The smallest absolute Gasteiger partial charge is 0.239 e. The number of rotatable bonds is 6. The number of benzene rings is 2. The van der Waals surface area contributed by atoms with E-state index in [4.69, 9.17) is 4.74 Å². The molecule has 3 N–H and O–H groups in total. The molecule has 2 aromatic carbocycles. The number of hydrogen-bond donors (Lipinski definition) is 3. The Kier molecular flexibility index (Phi) is 10.0. The Labute approximate surface area is 206 Å². The summed E-state index contributed by atoms with van der Waals surface area (Å²) in [6.45, 7) is 3.16. The van der Waals surface area contributed by atoms with Crippen molar-refractivity contribution < 1.29 is 23.8 Å². The lowest BCUT2D eigenvalue weighted by Gasteiger charge is -2.26. The summed E-state index contributed by atoms with van der Waals surface area (Å²) in [5.74, 6) is -0.546. The van der Waals surface area contributed by atoms with E-state index in [2.05, 4.69) is 29.7 Å². The van der Waals surface area contributed by atoms with Crippen molar-refractivity contribution in [2.45, 2.75) is 57.7 Å². The van der Waals surface area contributed by atoms with Gasteiger partial charge in [-0.2, -0.15) is 0 Å². The van der Waals surface area contributed by atoms with Gasteiger partial charge in [0.1, 0.15) is 11.6 Å². The zero-order valence-electron chi connectivity index (χ0n) is 20.6. The van der Waals surface area contributed by atoms with Gasteiger partial charge >= 0.3 is 0 Å². The van der Waals surface area contributed by atoms with Crippen LogP contribution in [0.15, 0.2) is 42.5 Å². The molecule has 190 valence electrons. The topological polar surface area (TPSA) is 90.9 Å². The highest BCUT2D eigenvalue weighted by molar-refractivity contribution is 5.84. The second kappa shape index (κ2) is 13.2. The summed E-state index contributed by atoms with van der Waals surface area (Å²) in [5.41, 5.74) is 2.95. The summed E-state index contributed by atoms with van der Waals surface area (Å²) >= 11 is 0. The molecule has 8 heteroatoms. The van der Waals surface area contributed by atoms with Crippen molar-refractivity contribution in [2.24, 2.45) is 0 Å². The van der Waals surface area contributed by atoms with Gasteiger partial charge in [-0.1, -0.05) is 31.2 Å². The van der Waals surface area contributed by atoms with Gasteiger partial charge in [0.05, 0.1) is 25.3 Å². The van der Waals surface area contributed by atoms with Crippen LogP contribution >= 0.6 is 0 Å². The molecule has 0 saturated heterocycles. The van der Waals surface area contributed by atoms with E-state index in [0.717, 1.165) is 12.0 Å². The molecule has 2 atom stereocenters. The minimum absolute atomic E-state index is 0.107. The molecule has 0 spiro atoms. The van der Waals surface area contributed by atoms with Crippen molar-refractivity contribution >= 4 is 11.8 Å². The van der Waals surface area contributed by atoms with Crippen LogP contribution in [-0.2, 0) is 29.0 Å². The maximum atomic E-state index is 14.3. The van der Waals surface area contributed by atoms with E-state index in [1.54, 1.807) is 13.1 Å². The minimum atomic E-state index is -0.933. The van der Waals surface area contributed by atoms with Crippen LogP contribution in [0.2, 0.25) is 0 Å². The first kappa shape index (κ1) is 26.6. The number of nitrogens with zero attached hydrogens (tertiary/aromatic N) is 1. The maximum Gasteiger partial charge on any atom is 0.239 e. The average molecular weight is 486 g/mol. The highest BCUT2D eigenvalue weighted by atomic mass is 19.1. The predicted octanol–water partition coefficient (Wildman–Crippen LogP) is 2.59.